The number of hydrogen-bond acceptors (Lipinski definition) is 5. The van der Waals surface area contributed by atoms with Crippen LogP contribution in [0.3, 0.4) is 0 Å². The molecule has 7 nitrogen and oxygen atoms in total. The van der Waals surface area contributed by atoms with Gasteiger partial charge in [0.15, 0.2) is 5.65 Å². The predicted octanol–water partition coefficient (Wildman–Crippen LogP) is 3.65. The standard InChI is InChI=1S/C25H28N6O/c1-30(2)13-4-6-18-5-3-7-22(15-18)27-24(32)16-19-8-10-20(11-9-19)21-12-14-31-23(17-21)28-25(26)29-31/h3,5,7-12,14-15,17H,4,6,13,16H2,1-2H3,(H2,26,29)(H,27,32). The van der Waals surface area contributed by atoms with Crippen LogP contribution in [0.4, 0.5) is 11.6 Å². The number of rotatable bonds is 8. The minimum Gasteiger partial charge on any atom is -0.366 e. The van der Waals surface area contributed by atoms with Crippen LogP contribution in [-0.4, -0.2) is 46.0 Å². The van der Waals surface area contributed by atoms with Crippen LogP contribution < -0.4 is 11.1 Å². The molecule has 0 aliphatic carbocycles. The summed E-state index contributed by atoms with van der Waals surface area (Å²) in [6.07, 6.45) is 4.25. The average molecular weight is 429 g/mol. The molecule has 0 spiro atoms. The van der Waals surface area contributed by atoms with Crippen molar-refractivity contribution < 1.29 is 4.79 Å². The van der Waals surface area contributed by atoms with Crippen molar-refractivity contribution in [1.82, 2.24) is 19.5 Å². The monoisotopic (exact) mass is 428 g/mol. The SMILES string of the molecule is CN(C)CCCc1cccc(NC(=O)Cc2ccc(-c3ccn4nc(N)nc4c3)cc2)c1. The number of benzene rings is 2. The van der Waals surface area contributed by atoms with Crippen molar-refractivity contribution in [3.63, 3.8) is 0 Å². The van der Waals surface area contributed by atoms with Crippen LogP contribution in [0.25, 0.3) is 16.8 Å². The molecule has 0 radical (unpaired) electrons. The number of hydrogen-bond donors (Lipinski definition) is 2. The van der Waals surface area contributed by atoms with E-state index in [1.54, 1.807) is 4.52 Å². The Kier molecular flexibility index (Phi) is 6.47. The van der Waals surface area contributed by atoms with Crippen molar-refractivity contribution >= 4 is 23.2 Å². The highest BCUT2D eigenvalue weighted by Crippen LogP contribution is 2.21. The fourth-order valence-electron chi connectivity index (χ4n) is 3.69. The lowest BCUT2D eigenvalue weighted by molar-refractivity contribution is -0.115. The lowest BCUT2D eigenvalue weighted by Crippen LogP contribution is -2.15. The van der Waals surface area contributed by atoms with Gasteiger partial charge in [0.1, 0.15) is 0 Å². The molecule has 0 fully saturated rings. The van der Waals surface area contributed by atoms with Crippen molar-refractivity contribution in [3.05, 3.63) is 78.0 Å². The zero-order chi connectivity index (χ0) is 22.5. The van der Waals surface area contributed by atoms with Crippen molar-refractivity contribution in [2.75, 3.05) is 31.7 Å². The highest BCUT2D eigenvalue weighted by molar-refractivity contribution is 5.92. The maximum atomic E-state index is 12.6. The third-order valence-corrected chi connectivity index (χ3v) is 5.29. The number of nitrogens with one attached hydrogen (secondary N) is 1. The number of fused-ring (bicyclic) bond motifs is 1. The van der Waals surface area contributed by atoms with Gasteiger partial charge < -0.3 is 16.0 Å². The molecule has 2 heterocycles. The molecule has 164 valence electrons. The van der Waals surface area contributed by atoms with Crippen molar-refractivity contribution in [2.24, 2.45) is 0 Å². The largest absolute Gasteiger partial charge is 0.366 e. The van der Waals surface area contributed by atoms with E-state index in [9.17, 15) is 4.79 Å². The van der Waals surface area contributed by atoms with Gasteiger partial charge in [-0.15, -0.1) is 5.10 Å². The first kappa shape index (κ1) is 21.5. The van der Waals surface area contributed by atoms with Crippen LogP contribution in [0.2, 0.25) is 0 Å². The summed E-state index contributed by atoms with van der Waals surface area (Å²) in [4.78, 5) is 18.9. The van der Waals surface area contributed by atoms with Crippen molar-refractivity contribution in [2.45, 2.75) is 19.3 Å². The van der Waals surface area contributed by atoms with Gasteiger partial charge >= 0.3 is 0 Å². The smallest absolute Gasteiger partial charge is 0.240 e. The van der Waals surface area contributed by atoms with E-state index in [0.29, 0.717) is 12.1 Å². The molecule has 2 aromatic heterocycles. The molecule has 0 saturated heterocycles. The Morgan fingerprint density at radius 2 is 1.84 bits per heavy atom. The Hall–Kier alpha value is -3.71. The Morgan fingerprint density at radius 1 is 1.03 bits per heavy atom. The van der Waals surface area contributed by atoms with E-state index in [1.165, 1.54) is 5.56 Å². The van der Waals surface area contributed by atoms with E-state index < -0.39 is 0 Å². The van der Waals surface area contributed by atoms with Gasteiger partial charge in [0.05, 0.1) is 6.42 Å². The van der Waals surface area contributed by atoms with Crippen molar-refractivity contribution in [1.29, 1.82) is 0 Å². The zero-order valence-electron chi connectivity index (χ0n) is 18.5. The maximum Gasteiger partial charge on any atom is 0.240 e. The summed E-state index contributed by atoms with van der Waals surface area (Å²) >= 11 is 0. The molecule has 0 aliphatic heterocycles. The van der Waals surface area contributed by atoms with Crippen LogP contribution in [-0.2, 0) is 17.6 Å². The lowest BCUT2D eigenvalue weighted by atomic mass is 10.0. The van der Waals surface area contributed by atoms with Crippen LogP contribution in [0.1, 0.15) is 17.5 Å². The summed E-state index contributed by atoms with van der Waals surface area (Å²) < 4.78 is 1.65. The number of nitrogen functional groups attached to an aromatic ring is 1. The molecule has 0 bridgehead atoms. The number of aromatic nitrogens is 3. The molecule has 4 rings (SSSR count). The summed E-state index contributed by atoms with van der Waals surface area (Å²) in [6.45, 7) is 1.05. The highest BCUT2D eigenvalue weighted by Gasteiger charge is 2.07. The number of pyridine rings is 1. The molecule has 0 saturated carbocycles. The topological polar surface area (TPSA) is 88.5 Å². The average Bonchev–Trinajstić information content (AvgIpc) is 3.13. The van der Waals surface area contributed by atoms with Gasteiger partial charge in [0, 0.05) is 11.9 Å². The molecule has 0 unspecified atom stereocenters. The number of nitrogens with zero attached hydrogens (tertiary/aromatic N) is 4. The predicted molar refractivity (Wildman–Crippen MR) is 128 cm³/mol. The highest BCUT2D eigenvalue weighted by atomic mass is 16.1. The molecule has 1 amide bonds. The van der Waals surface area contributed by atoms with Crippen LogP contribution in [0.15, 0.2) is 66.9 Å². The molecular formula is C25H28N6O. The van der Waals surface area contributed by atoms with Crippen LogP contribution >= 0.6 is 0 Å². The van der Waals surface area contributed by atoms with E-state index in [0.717, 1.165) is 41.8 Å². The summed E-state index contributed by atoms with van der Waals surface area (Å²) in [5, 5.41) is 7.11. The van der Waals surface area contributed by atoms with E-state index in [4.69, 9.17) is 5.73 Å². The maximum absolute atomic E-state index is 12.6. The number of aryl methyl sites for hydroxylation is 1. The molecule has 0 aliphatic rings. The lowest BCUT2D eigenvalue weighted by Gasteiger charge is -2.10. The van der Waals surface area contributed by atoms with E-state index in [-0.39, 0.29) is 11.9 Å². The number of carbonyl (C=O) groups excluding carboxylic acids is 1. The van der Waals surface area contributed by atoms with E-state index in [1.807, 2.05) is 54.7 Å². The minimum atomic E-state index is -0.0245. The normalized spacial score (nSPS) is 11.2. The molecule has 3 N–H and O–H groups in total. The summed E-state index contributed by atoms with van der Waals surface area (Å²) in [5.41, 5.74) is 11.5. The van der Waals surface area contributed by atoms with Gasteiger partial charge in [-0.2, -0.15) is 4.98 Å². The Balaban J connectivity index is 1.36. The van der Waals surface area contributed by atoms with Gasteiger partial charge in [0.25, 0.3) is 0 Å². The van der Waals surface area contributed by atoms with Gasteiger partial charge in [0.2, 0.25) is 11.9 Å². The van der Waals surface area contributed by atoms with Gasteiger partial charge in [-0.3, -0.25) is 4.79 Å². The molecule has 0 atom stereocenters. The van der Waals surface area contributed by atoms with Gasteiger partial charge in [-0.25, -0.2) is 4.52 Å². The minimum absolute atomic E-state index is 0.0245. The van der Waals surface area contributed by atoms with E-state index >= 15 is 0 Å². The number of anilines is 2. The third-order valence-electron chi connectivity index (χ3n) is 5.29. The third kappa shape index (κ3) is 5.50. The molecular weight excluding hydrogens is 400 g/mol. The molecule has 7 heteroatoms. The van der Waals surface area contributed by atoms with Gasteiger partial charge in [-0.05, 0) is 80.0 Å². The molecule has 2 aromatic carbocycles. The van der Waals surface area contributed by atoms with Crippen LogP contribution in [0, 0.1) is 0 Å². The Labute approximate surface area is 187 Å². The summed E-state index contributed by atoms with van der Waals surface area (Å²) in [7, 11) is 4.16. The fourth-order valence-corrected chi connectivity index (χ4v) is 3.69. The fraction of sp³-hybridized carbons (Fsp3) is 0.240. The van der Waals surface area contributed by atoms with Crippen molar-refractivity contribution in [3.8, 4) is 11.1 Å². The second-order valence-electron chi connectivity index (χ2n) is 8.22. The summed E-state index contributed by atoms with van der Waals surface area (Å²) in [6, 6.07) is 20.0. The van der Waals surface area contributed by atoms with Crippen LogP contribution in [0.5, 0.6) is 0 Å². The first-order valence-electron chi connectivity index (χ1n) is 10.7. The Morgan fingerprint density at radius 3 is 2.62 bits per heavy atom. The quantitative estimate of drug-likeness (QED) is 0.447. The Bertz CT molecular complexity index is 1210. The second kappa shape index (κ2) is 9.62. The first-order chi connectivity index (χ1) is 15.5. The van der Waals surface area contributed by atoms with E-state index in [2.05, 4.69) is 46.5 Å². The molecule has 4 aromatic rings. The van der Waals surface area contributed by atoms with Gasteiger partial charge in [-0.1, -0.05) is 36.4 Å². The number of nitrogens with two attached hydrogens (primary N) is 1. The number of amides is 1. The first-order valence-corrected chi connectivity index (χ1v) is 10.7. The number of carbonyl (C=O) groups is 1. The zero-order valence-corrected chi connectivity index (χ0v) is 18.5. The summed E-state index contributed by atoms with van der Waals surface area (Å²) in [5.74, 6) is 0.228. The molecule has 32 heavy (non-hydrogen) atoms. The second-order valence-corrected chi connectivity index (χ2v) is 8.22.